The Balaban J connectivity index is 1.97. The molecule has 1 rings (SSSR count). The average molecular weight is 425 g/mol. The van der Waals surface area contributed by atoms with Crippen LogP contribution in [0.4, 0.5) is 0 Å². The Morgan fingerprint density at radius 1 is 0.724 bits per heavy atom. The first kappa shape index (κ1) is 26.3. The molecule has 2 unspecified atom stereocenters. The van der Waals surface area contributed by atoms with Gasteiger partial charge in [-0.25, -0.2) is 0 Å². The van der Waals surface area contributed by atoms with Gasteiger partial charge in [0.15, 0.2) is 0 Å². The molecule has 3 heteroatoms. The van der Waals surface area contributed by atoms with Crippen LogP contribution in [-0.4, -0.2) is 16.3 Å². The van der Waals surface area contributed by atoms with Crippen LogP contribution in [0.15, 0.2) is 23.0 Å². The molecule has 1 heterocycles. The smallest absolute Gasteiger partial charge is 0.315 e. The Morgan fingerprint density at radius 2 is 1.14 bits per heavy atom. The number of hydrogen-bond acceptors (Lipinski definition) is 1. The zero-order valence-electron chi connectivity index (χ0n) is 19.3. The highest BCUT2D eigenvalue weighted by molar-refractivity contribution is 8.23. The summed E-state index contributed by atoms with van der Waals surface area (Å²) in [7, 11) is -0.597. The van der Waals surface area contributed by atoms with Crippen molar-refractivity contribution in [3.63, 3.8) is 0 Å². The van der Waals surface area contributed by atoms with Crippen molar-refractivity contribution in [2.45, 2.75) is 128 Å². The Kier molecular flexibility index (Phi) is 16.4. The molecule has 0 aromatic carbocycles. The largest absolute Gasteiger partial charge is 0.480 e. The third-order valence-corrected chi connectivity index (χ3v) is 8.67. The molecule has 0 aromatic heterocycles. The maximum Gasteiger partial charge on any atom is 0.315 e. The van der Waals surface area contributed by atoms with Crippen molar-refractivity contribution < 1.29 is 9.90 Å². The van der Waals surface area contributed by atoms with E-state index in [2.05, 4.69) is 24.7 Å². The molecule has 0 aliphatic carbocycles. The molecule has 0 bridgehead atoms. The van der Waals surface area contributed by atoms with E-state index >= 15 is 0 Å². The third kappa shape index (κ3) is 12.6. The number of carboxylic acids is 1. The molecule has 0 saturated heterocycles. The molecule has 1 aliphatic heterocycles. The quantitative estimate of drug-likeness (QED) is 0.151. The van der Waals surface area contributed by atoms with Crippen molar-refractivity contribution in [2.24, 2.45) is 5.92 Å². The molecule has 0 saturated carbocycles. The summed E-state index contributed by atoms with van der Waals surface area (Å²) in [5.74, 6) is -0.270. The van der Waals surface area contributed by atoms with Crippen LogP contribution in [0.25, 0.3) is 0 Å². The molecule has 1 N–H and O–H groups in total. The van der Waals surface area contributed by atoms with E-state index in [1.54, 1.807) is 0 Å². The summed E-state index contributed by atoms with van der Waals surface area (Å²) < 4.78 is 0. The van der Waals surface area contributed by atoms with E-state index in [1.807, 2.05) is 12.2 Å². The van der Waals surface area contributed by atoms with Crippen LogP contribution < -0.4 is 0 Å². The molecule has 0 radical (unpaired) electrons. The van der Waals surface area contributed by atoms with E-state index in [9.17, 15) is 9.90 Å². The van der Waals surface area contributed by atoms with Gasteiger partial charge in [0.1, 0.15) is 0 Å². The minimum atomic E-state index is -0.597. The van der Waals surface area contributed by atoms with Gasteiger partial charge in [0, 0.05) is 0 Å². The van der Waals surface area contributed by atoms with E-state index in [0.29, 0.717) is 5.92 Å². The number of aliphatic carboxylic acids is 1. The lowest BCUT2D eigenvalue weighted by molar-refractivity contribution is -0.137. The maximum atomic E-state index is 11.8. The molecule has 2 nitrogen and oxygen atoms in total. The highest BCUT2D eigenvalue weighted by Crippen LogP contribution is 2.44. The first-order valence-corrected chi connectivity index (χ1v) is 14.1. The number of rotatable bonds is 20. The topological polar surface area (TPSA) is 37.3 Å². The van der Waals surface area contributed by atoms with Crippen LogP contribution in [0.3, 0.4) is 0 Å². The molecule has 2 atom stereocenters. The lowest BCUT2D eigenvalue weighted by Gasteiger charge is -2.28. The predicted molar refractivity (Wildman–Crippen MR) is 132 cm³/mol. The maximum absolute atomic E-state index is 11.8. The molecule has 0 spiro atoms. The summed E-state index contributed by atoms with van der Waals surface area (Å²) in [6.07, 6.45) is 26.8. The standard InChI is InChI=1S/C26H48O2S/c1-3-5-6-7-8-9-10-11-12-13-14-15-16-17-18-21-24(4-2)25(26(27)28)29-22-19-20-23-29/h19-20,22-25,29H,3-18,21H2,1-2H3,(H,27,28). The van der Waals surface area contributed by atoms with E-state index < -0.39 is 16.9 Å². The zero-order valence-corrected chi connectivity index (χ0v) is 20.2. The second kappa shape index (κ2) is 18.1. The second-order valence-corrected chi connectivity index (χ2v) is 10.9. The molecular weight excluding hydrogens is 376 g/mol. The number of thiol groups is 1. The molecule has 0 fully saturated rings. The Morgan fingerprint density at radius 3 is 1.52 bits per heavy atom. The van der Waals surface area contributed by atoms with Crippen LogP contribution >= 0.6 is 10.9 Å². The SMILES string of the molecule is CCCCCCCCCCCCCCCCCC(CC)C(C(=O)O)[SH]1C=CC=C1. The van der Waals surface area contributed by atoms with Crippen molar-refractivity contribution in [3.8, 4) is 0 Å². The Hall–Kier alpha value is -0.700. The third-order valence-electron chi connectivity index (χ3n) is 6.35. The van der Waals surface area contributed by atoms with Crippen molar-refractivity contribution in [3.05, 3.63) is 23.0 Å². The van der Waals surface area contributed by atoms with Gasteiger partial charge in [-0.3, -0.25) is 4.79 Å². The fraction of sp³-hybridized carbons (Fsp3) is 0.808. The highest BCUT2D eigenvalue weighted by Gasteiger charge is 2.30. The van der Waals surface area contributed by atoms with Gasteiger partial charge >= 0.3 is 5.97 Å². The van der Waals surface area contributed by atoms with Gasteiger partial charge < -0.3 is 5.11 Å². The van der Waals surface area contributed by atoms with Crippen molar-refractivity contribution in [2.75, 3.05) is 0 Å². The number of carboxylic acid groups (broad SMARTS) is 1. The lowest BCUT2D eigenvalue weighted by Crippen LogP contribution is -2.28. The summed E-state index contributed by atoms with van der Waals surface area (Å²) in [6.45, 7) is 4.44. The van der Waals surface area contributed by atoms with Gasteiger partial charge in [-0.05, 0) is 23.2 Å². The summed E-state index contributed by atoms with van der Waals surface area (Å²) >= 11 is 0. The van der Waals surface area contributed by atoms with Crippen molar-refractivity contribution >= 4 is 16.9 Å². The predicted octanol–water partition coefficient (Wildman–Crippen LogP) is 8.77. The molecule has 1 aliphatic rings. The average Bonchev–Trinajstić information content (AvgIpc) is 3.23. The van der Waals surface area contributed by atoms with Gasteiger partial charge in [-0.2, -0.15) is 10.9 Å². The number of hydrogen-bond donors (Lipinski definition) is 2. The van der Waals surface area contributed by atoms with Crippen molar-refractivity contribution in [1.29, 1.82) is 0 Å². The highest BCUT2D eigenvalue weighted by atomic mass is 32.2. The van der Waals surface area contributed by atoms with Gasteiger partial charge in [0.05, 0.1) is 5.25 Å². The monoisotopic (exact) mass is 424 g/mol. The summed E-state index contributed by atoms with van der Waals surface area (Å²) in [6, 6.07) is 0. The van der Waals surface area contributed by atoms with Gasteiger partial charge in [-0.15, -0.1) is 0 Å². The van der Waals surface area contributed by atoms with Crippen LogP contribution in [0.2, 0.25) is 0 Å². The second-order valence-electron chi connectivity index (χ2n) is 8.82. The summed E-state index contributed by atoms with van der Waals surface area (Å²) in [5.41, 5.74) is 0. The molecule has 29 heavy (non-hydrogen) atoms. The fourth-order valence-corrected chi connectivity index (χ4v) is 6.64. The summed E-state index contributed by atoms with van der Waals surface area (Å²) in [5, 5.41) is 13.8. The van der Waals surface area contributed by atoms with E-state index in [4.69, 9.17) is 0 Å². The Labute approximate surface area is 184 Å². The van der Waals surface area contributed by atoms with E-state index in [0.717, 1.165) is 12.8 Å². The Bertz CT molecular complexity index is 446. The van der Waals surface area contributed by atoms with Gasteiger partial charge in [-0.1, -0.05) is 129 Å². The number of allylic oxidation sites excluding steroid dienone is 2. The first-order chi connectivity index (χ1) is 14.2. The van der Waals surface area contributed by atoms with Crippen LogP contribution in [0, 0.1) is 5.92 Å². The molecule has 0 amide bonds. The lowest BCUT2D eigenvalue weighted by atomic mass is 9.94. The number of carbonyl (C=O) groups is 1. The minimum Gasteiger partial charge on any atom is -0.480 e. The molecule has 0 aromatic rings. The van der Waals surface area contributed by atoms with Crippen molar-refractivity contribution in [1.82, 2.24) is 0 Å². The van der Waals surface area contributed by atoms with Gasteiger partial charge in [0.2, 0.25) is 0 Å². The minimum absolute atomic E-state index is 0.184. The normalized spacial score (nSPS) is 16.4. The molecule has 170 valence electrons. The zero-order chi connectivity index (χ0) is 21.2. The van der Waals surface area contributed by atoms with Gasteiger partial charge in [0.25, 0.3) is 0 Å². The van der Waals surface area contributed by atoms with Crippen LogP contribution in [-0.2, 0) is 4.79 Å². The molecular formula is C26H48O2S. The number of unbranched alkanes of at least 4 members (excludes halogenated alkanes) is 14. The first-order valence-electron chi connectivity index (χ1n) is 12.6. The van der Waals surface area contributed by atoms with E-state index in [1.165, 1.54) is 96.3 Å². The summed E-state index contributed by atoms with van der Waals surface area (Å²) in [4.78, 5) is 11.8. The fourth-order valence-electron chi connectivity index (χ4n) is 4.47. The van der Waals surface area contributed by atoms with Crippen LogP contribution in [0.5, 0.6) is 0 Å². The van der Waals surface area contributed by atoms with Crippen LogP contribution in [0.1, 0.15) is 123 Å². The van der Waals surface area contributed by atoms with E-state index in [-0.39, 0.29) is 5.25 Å².